The van der Waals surface area contributed by atoms with E-state index in [4.69, 9.17) is 5.73 Å². The van der Waals surface area contributed by atoms with E-state index in [0.717, 1.165) is 24.0 Å². The molecule has 0 aliphatic heterocycles. The van der Waals surface area contributed by atoms with E-state index >= 15 is 0 Å². The maximum Gasteiger partial charge on any atom is 0.307 e. The highest BCUT2D eigenvalue weighted by Gasteiger charge is 2.57. The quantitative estimate of drug-likeness (QED) is 0.726. The largest absolute Gasteiger partial charge is 0.481 e. The molecule has 0 radical (unpaired) electrons. The summed E-state index contributed by atoms with van der Waals surface area (Å²) in [4.78, 5) is 36.0. The first-order valence-corrected chi connectivity index (χ1v) is 8.79. The molecule has 2 saturated carbocycles. The molecule has 1 heterocycles. The number of nitrogens with one attached hydrogen (secondary N) is 1. The van der Waals surface area contributed by atoms with Gasteiger partial charge >= 0.3 is 5.97 Å². The fourth-order valence-corrected chi connectivity index (χ4v) is 5.20. The number of allylic oxidation sites excluding steroid dienone is 2. The van der Waals surface area contributed by atoms with Crippen LogP contribution in [0, 0.1) is 23.7 Å². The lowest BCUT2D eigenvalue weighted by atomic mass is 9.79. The number of aliphatic carboxylic acids is 1. The summed E-state index contributed by atoms with van der Waals surface area (Å²) >= 11 is 1.21. The van der Waals surface area contributed by atoms with Crippen molar-refractivity contribution in [2.45, 2.75) is 26.7 Å². The number of primary amides is 1. The van der Waals surface area contributed by atoms with Crippen molar-refractivity contribution in [1.29, 1.82) is 0 Å². The van der Waals surface area contributed by atoms with Crippen molar-refractivity contribution in [2.75, 3.05) is 5.32 Å². The van der Waals surface area contributed by atoms with Crippen LogP contribution < -0.4 is 11.1 Å². The highest BCUT2D eigenvalue weighted by Crippen LogP contribution is 2.57. The Balaban J connectivity index is 1.91. The Labute approximate surface area is 143 Å². The van der Waals surface area contributed by atoms with E-state index in [1.165, 1.54) is 11.3 Å². The van der Waals surface area contributed by atoms with Crippen molar-refractivity contribution in [2.24, 2.45) is 29.4 Å². The first-order chi connectivity index (χ1) is 11.3. The third-order valence-electron chi connectivity index (χ3n) is 5.17. The highest BCUT2D eigenvalue weighted by atomic mass is 32.1. The summed E-state index contributed by atoms with van der Waals surface area (Å²) in [6, 6.07) is 1.56. The highest BCUT2D eigenvalue weighted by molar-refractivity contribution is 7.14. The van der Waals surface area contributed by atoms with Gasteiger partial charge in [-0.1, -0.05) is 11.1 Å². The van der Waals surface area contributed by atoms with Gasteiger partial charge in [0.2, 0.25) is 5.91 Å². The van der Waals surface area contributed by atoms with Gasteiger partial charge in [-0.2, -0.15) is 0 Å². The van der Waals surface area contributed by atoms with Gasteiger partial charge in [-0.05, 0) is 50.0 Å². The minimum atomic E-state index is -0.928. The summed E-state index contributed by atoms with van der Waals surface area (Å²) < 4.78 is 0. The van der Waals surface area contributed by atoms with Crippen LogP contribution in [0.15, 0.2) is 22.6 Å². The lowest BCUT2D eigenvalue weighted by molar-refractivity contribution is -0.148. The summed E-state index contributed by atoms with van der Waals surface area (Å²) in [5.41, 5.74) is 7.79. The van der Waals surface area contributed by atoms with Crippen LogP contribution in [0.25, 0.3) is 0 Å². The maximum absolute atomic E-state index is 12.8. The van der Waals surface area contributed by atoms with Crippen molar-refractivity contribution >= 4 is 34.1 Å². The van der Waals surface area contributed by atoms with Crippen molar-refractivity contribution in [3.8, 4) is 0 Å². The molecule has 0 spiro atoms. The van der Waals surface area contributed by atoms with E-state index in [2.05, 4.69) is 5.32 Å². The number of carboxylic acids is 1. The molecule has 0 unspecified atom stereocenters. The molecule has 4 atom stereocenters. The van der Waals surface area contributed by atoms with Crippen molar-refractivity contribution in [3.63, 3.8) is 0 Å². The van der Waals surface area contributed by atoms with Crippen LogP contribution in [0.3, 0.4) is 0 Å². The second-order valence-corrected chi connectivity index (χ2v) is 7.57. The number of hydrogen-bond donors (Lipinski definition) is 3. The minimum absolute atomic E-state index is 0.0295. The van der Waals surface area contributed by atoms with Crippen LogP contribution in [0.1, 0.15) is 37.0 Å². The van der Waals surface area contributed by atoms with Gasteiger partial charge in [0.1, 0.15) is 5.00 Å². The Hall–Kier alpha value is -2.15. The molecule has 4 N–H and O–H groups in total. The fourth-order valence-electron chi connectivity index (χ4n) is 4.40. The zero-order valence-electron chi connectivity index (χ0n) is 13.5. The maximum atomic E-state index is 12.8. The van der Waals surface area contributed by atoms with Crippen LogP contribution >= 0.6 is 11.3 Å². The molecule has 2 aliphatic carbocycles. The molecular weight excluding hydrogens is 328 g/mol. The number of anilines is 1. The first-order valence-electron chi connectivity index (χ1n) is 7.91. The lowest BCUT2D eigenvalue weighted by Gasteiger charge is -2.26. The van der Waals surface area contributed by atoms with Crippen LogP contribution in [0.4, 0.5) is 5.00 Å². The van der Waals surface area contributed by atoms with E-state index in [1.54, 1.807) is 11.4 Å². The Morgan fingerprint density at radius 1 is 1.21 bits per heavy atom. The number of thiophene rings is 1. The molecule has 1 aromatic heterocycles. The number of nitrogens with two attached hydrogens (primary N) is 1. The average molecular weight is 348 g/mol. The molecule has 0 saturated heterocycles. The number of carbonyl (C=O) groups excluding carboxylic acids is 2. The summed E-state index contributed by atoms with van der Waals surface area (Å²) in [7, 11) is 0. The molecule has 6 nitrogen and oxygen atoms in total. The summed E-state index contributed by atoms with van der Waals surface area (Å²) in [6.07, 6.45) is 1.65. The zero-order valence-corrected chi connectivity index (χ0v) is 14.4. The smallest absolute Gasteiger partial charge is 0.307 e. The number of fused-ring (bicyclic) bond motifs is 2. The molecule has 3 rings (SSSR count). The van der Waals surface area contributed by atoms with Gasteiger partial charge in [-0.15, -0.1) is 11.3 Å². The van der Waals surface area contributed by atoms with Crippen LogP contribution in [0.5, 0.6) is 0 Å². The average Bonchev–Trinajstić information content (AvgIpc) is 3.18. The second-order valence-electron chi connectivity index (χ2n) is 6.65. The number of carbonyl (C=O) groups is 3. The van der Waals surface area contributed by atoms with E-state index in [0.29, 0.717) is 5.00 Å². The molecule has 24 heavy (non-hydrogen) atoms. The lowest BCUT2D eigenvalue weighted by Crippen LogP contribution is -2.38. The second kappa shape index (κ2) is 6.05. The van der Waals surface area contributed by atoms with Crippen molar-refractivity contribution < 1.29 is 19.5 Å². The Kier molecular flexibility index (Phi) is 4.21. The minimum Gasteiger partial charge on any atom is -0.481 e. The molecule has 2 fully saturated rings. The van der Waals surface area contributed by atoms with Crippen molar-refractivity contribution in [3.05, 3.63) is 28.2 Å². The van der Waals surface area contributed by atoms with E-state index < -0.39 is 23.7 Å². The first kappa shape index (κ1) is 16.7. The van der Waals surface area contributed by atoms with Crippen molar-refractivity contribution in [1.82, 2.24) is 0 Å². The van der Waals surface area contributed by atoms with Crippen LogP contribution in [-0.4, -0.2) is 22.9 Å². The van der Waals surface area contributed by atoms with E-state index in [9.17, 15) is 19.5 Å². The standard InChI is InChI=1S/C17H20N2O4S/c1-7(2)11-8-3-4-9(11)13(17(22)23)12(8)15(21)19-16-10(14(18)20)5-6-24-16/h5-6,8-9,12-13H,3-4H2,1-2H3,(H2,18,20)(H,19,21)(H,22,23)/t8-,9+,12-,13-/m1/s1. The SMILES string of the molecule is CC(C)=C1[C@H]2CC[C@@H]1[C@@H](C(=O)O)[C@@H]2C(=O)Nc1sccc1C(N)=O. The normalized spacial score (nSPS) is 28.0. The summed E-state index contributed by atoms with van der Waals surface area (Å²) in [5, 5.41) is 14.4. The molecule has 128 valence electrons. The number of amides is 2. The van der Waals surface area contributed by atoms with Gasteiger partial charge in [0.15, 0.2) is 0 Å². The number of hydrogen-bond acceptors (Lipinski definition) is 4. The van der Waals surface area contributed by atoms with E-state index in [1.807, 2.05) is 13.8 Å². The van der Waals surface area contributed by atoms with Gasteiger partial charge in [0.25, 0.3) is 5.91 Å². The van der Waals surface area contributed by atoms with Gasteiger partial charge in [-0.3, -0.25) is 14.4 Å². The van der Waals surface area contributed by atoms with Gasteiger partial charge < -0.3 is 16.2 Å². The van der Waals surface area contributed by atoms with Gasteiger partial charge in [-0.25, -0.2) is 0 Å². The molecule has 2 amide bonds. The molecule has 2 aliphatic rings. The Bertz CT molecular complexity index is 748. The predicted molar refractivity (Wildman–Crippen MR) is 90.7 cm³/mol. The fraction of sp³-hybridized carbons (Fsp3) is 0.471. The van der Waals surface area contributed by atoms with Crippen LogP contribution in [0.2, 0.25) is 0 Å². The molecular formula is C17H20N2O4S. The topological polar surface area (TPSA) is 109 Å². The zero-order chi connectivity index (χ0) is 17.6. The molecule has 2 bridgehead atoms. The number of rotatable bonds is 4. The van der Waals surface area contributed by atoms with Gasteiger partial charge in [0, 0.05) is 0 Å². The van der Waals surface area contributed by atoms with E-state index in [-0.39, 0.29) is 23.3 Å². The third kappa shape index (κ3) is 2.53. The Morgan fingerprint density at radius 3 is 2.38 bits per heavy atom. The summed E-state index contributed by atoms with van der Waals surface area (Å²) in [5.74, 6) is -3.27. The molecule has 0 aromatic carbocycles. The molecule has 7 heteroatoms. The Morgan fingerprint density at radius 2 is 1.83 bits per heavy atom. The monoisotopic (exact) mass is 348 g/mol. The third-order valence-corrected chi connectivity index (χ3v) is 6.00. The predicted octanol–water partition coefficient (Wildman–Crippen LogP) is 2.48. The molecule has 1 aromatic rings. The number of carboxylic acid groups (broad SMARTS) is 1. The van der Waals surface area contributed by atoms with Gasteiger partial charge in [0.05, 0.1) is 17.4 Å². The summed E-state index contributed by atoms with van der Waals surface area (Å²) in [6.45, 7) is 3.95. The van der Waals surface area contributed by atoms with Crippen LogP contribution in [-0.2, 0) is 9.59 Å².